The number of thioether (sulfide) groups is 1. The molecule has 1 heterocycles. The molecule has 0 radical (unpaired) electrons. The van der Waals surface area contributed by atoms with Gasteiger partial charge in [-0.05, 0) is 25.1 Å². The van der Waals surface area contributed by atoms with Crippen LogP contribution in [-0.2, 0) is 11.3 Å². The molecule has 0 aliphatic carbocycles. The quantitative estimate of drug-likeness (QED) is 0.740. The van der Waals surface area contributed by atoms with Crippen molar-refractivity contribution in [2.75, 3.05) is 13.2 Å². The van der Waals surface area contributed by atoms with E-state index in [0.29, 0.717) is 41.7 Å². The predicted octanol–water partition coefficient (Wildman–Crippen LogP) is 3.34. The van der Waals surface area contributed by atoms with Crippen LogP contribution in [0.1, 0.15) is 29.3 Å². The van der Waals surface area contributed by atoms with Crippen LogP contribution >= 0.6 is 11.8 Å². The first-order valence-corrected chi connectivity index (χ1v) is 9.58. The number of amides is 1. The van der Waals surface area contributed by atoms with E-state index in [0.717, 1.165) is 23.7 Å². The van der Waals surface area contributed by atoms with E-state index in [2.05, 4.69) is 5.32 Å². The normalized spacial score (nSPS) is 14.1. The fraction of sp³-hybridized carbons (Fsp3) is 0.300. The van der Waals surface area contributed by atoms with Crippen molar-refractivity contribution in [2.45, 2.75) is 30.0 Å². The lowest BCUT2D eigenvalue weighted by atomic mass is 10.1. The highest BCUT2D eigenvalue weighted by molar-refractivity contribution is 8.00. The molecule has 1 aliphatic heterocycles. The standard InChI is InChI=1S/C20H21NO5S/c1-13(20(23)24)27-17-9-3-2-7-15(17)19(22)21-12-14-6-4-8-16-18(14)26-11-5-10-25-16/h2-4,6-9,13H,5,10-12H2,1H3,(H,21,22)(H,23,24). The van der Waals surface area contributed by atoms with Crippen molar-refractivity contribution in [1.82, 2.24) is 5.32 Å². The number of carboxylic acid groups (broad SMARTS) is 1. The zero-order valence-electron chi connectivity index (χ0n) is 14.9. The zero-order valence-corrected chi connectivity index (χ0v) is 15.8. The van der Waals surface area contributed by atoms with Crippen LogP contribution in [0.4, 0.5) is 0 Å². The van der Waals surface area contributed by atoms with Gasteiger partial charge >= 0.3 is 5.97 Å². The van der Waals surface area contributed by atoms with E-state index in [9.17, 15) is 9.59 Å². The average Bonchev–Trinajstić information content (AvgIpc) is 2.92. The van der Waals surface area contributed by atoms with Crippen LogP contribution in [0.5, 0.6) is 11.5 Å². The van der Waals surface area contributed by atoms with Gasteiger partial charge in [0.25, 0.3) is 5.91 Å². The fourth-order valence-corrected chi connectivity index (χ4v) is 3.59. The molecule has 3 rings (SSSR count). The van der Waals surface area contributed by atoms with E-state index in [4.69, 9.17) is 14.6 Å². The van der Waals surface area contributed by atoms with Gasteiger partial charge in [0, 0.05) is 23.4 Å². The Morgan fingerprint density at radius 1 is 1.15 bits per heavy atom. The first-order chi connectivity index (χ1) is 13.1. The molecule has 0 saturated heterocycles. The Bertz CT molecular complexity index is 839. The molecule has 2 aromatic carbocycles. The van der Waals surface area contributed by atoms with Crippen molar-refractivity contribution in [3.63, 3.8) is 0 Å². The molecule has 142 valence electrons. The van der Waals surface area contributed by atoms with Crippen LogP contribution in [0.25, 0.3) is 0 Å². The smallest absolute Gasteiger partial charge is 0.316 e. The topological polar surface area (TPSA) is 84.9 Å². The third-order valence-corrected chi connectivity index (χ3v) is 5.24. The SMILES string of the molecule is CC(Sc1ccccc1C(=O)NCc1cccc2c1OCCCO2)C(=O)O. The number of carbonyl (C=O) groups excluding carboxylic acids is 1. The summed E-state index contributed by atoms with van der Waals surface area (Å²) in [6, 6.07) is 12.6. The summed E-state index contributed by atoms with van der Waals surface area (Å²) >= 11 is 1.15. The second-order valence-corrected chi connectivity index (χ2v) is 7.45. The highest BCUT2D eigenvalue weighted by Crippen LogP contribution is 2.33. The maximum atomic E-state index is 12.7. The number of hydrogen-bond acceptors (Lipinski definition) is 5. The number of hydrogen-bond donors (Lipinski definition) is 2. The van der Waals surface area contributed by atoms with E-state index < -0.39 is 11.2 Å². The monoisotopic (exact) mass is 387 g/mol. The van der Waals surface area contributed by atoms with Crippen LogP contribution < -0.4 is 14.8 Å². The number of ether oxygens (including phenoxy) is 2. The molecule has 0 spiro atoms. The minimum Gasteiger partial charge on any atom is -0.490 e. The molecule has 0 fully saturated rings. The number of carbonyl (C=O) groups is 2. The Labute approximate surface area is 161 Å². The van der Waals surface area contributed by atoms with Gasteiger partial charge in [0.15, 0.2) is 11.5 Å². The third kappa shape index (κ3) is 4.74. The molecule has 1 unspecified atom stereocenters. The summed E-state index contributed by atoms with van der Waals surface area (Å²) in [5.41, 5.74) is 1.29. The summed E-state index contributed by atoms with van der Waals surface area (Å²) in [6.07, 6.45) is 0.812. The number of carboxylic acids is 1. The maximum Gasteiger partial charge on any atom is 0.316 e. The van der Waals surface area contributed by atoms with E-state index in [1.807, 2.05) is 18.2 Å². The van der Waals surface area contributed by atoms with Gasteiger partial charge in [-0.1, -0.05) is 24.3 Å². The van der Waals surface area contributed by atoms with Crippen LogP contribution in [0.2, 0.25) is 0 Å². The molecule has 2 aromatic rings. The molecule has 0 aromatic heterocycles. The first kappa shape index (κ1) is 19.1. The van der Waals surface area contributed by atoms with E-state index in [1.165, 1.54) is 0 Å². The van der Waals surface area contributed by atoms with E-state index in [-0.39, 0.29) is 5.91 Å². The molecule has 7 heteroatoms. The molecule has 6 nitrogen and oxygen atoms in total. The number of nitrogens with one attached hydrogen (secondary N) is 1. The number of fused-ring (bicyclic) bond motifs is 1. The molecular formula is C20H21NO5S. The minimum absolute atomic E-state index is 0.261. The summed E-state index contributed by atoms with van der Waals surface area (Å²) in [4.78, 5) is 24.4. The maximum absolute atomic E-state index is 12.7. The lowest BCUT2D eigenvalue weighted by Crippen LogP contribution is -2.24. The zero-order chi connectivity index (χ0) is 19.2. The summed E-state index contributed by atoms with van der Waals surface area (Å²) in [6.45, 7) is 3.07. The fourth-order valence-electron chi connectivity index (χ4n) is 2.66. The van der Waals surface area contributed by atoms with Crippen LogP contribution in [0, 0.1) is 0 Å². The average molecular weight is 387 g/mol. The van der Waals surface area contributed by atoms with E-state index >= 15 is 0 Å². The summed E-state index contributed by atoms with van der Waals surface area (Å²) in [5, 5.41) is 11.4. The Morgan fingerprint density at radius 2 is 1.93 bits per heavy atom. The summed E-state index contributed by atoms with van der Waals surface area (Å²) in [5.74, 6) is 0.171. The highest BCUT2D eigenvalue weighted by atomic mass is 32.2. The van der Waals surface area contributed by atoms with Crippen molar-refractivity contribution in [3.05, 3.63) is 53.6 Å². The van der Waals surface area contributed by atoms with Gasteiger partial charge in [0.05, 0.1) is 18.8 Å². The molecule has 2 N–H and O–H groups in total. The molecule has 1 atom stereocenters. The van der Waals surface area contributed by atoms with Crippen LogP contribution in [-0.4, -0.2) is 35.4 Å². The van der Waals surface area contributed by atoms with Crippen LogP contribution in [0.15, 0.2) is 47.4 Å². The number of benzene rings is 2. The van der Waals surface area contributed by atoms with Gasteiger partial charge in [0.1, 0.15) is 5.25 Å². The number of rotatable bonds is 6. The Morgan fingerprint density at radius 3 is 2.74 bits per heavy atom. The Balaban J connectivity index is 1.73. The van der Waals surface area contributed by atoms with Crippen molar-refractivity contribution in [1.29, 1.82) is 0 Å². The highest BCUT2D eigenvalue weighted by Gasteiger charge is 2.19. The van der Waals surface area contributed by atoms with Crippen molar-refractivity contribution in [3.8, 4) is 11.5 Å². The number of aliphatic carboxylic acids is 1. The van der Waals surface area contributed by atoms with Crippen molar-refractivity contribution >= 4 is 23.6 Å². The minimum atomic E-state index is -0.917. The molecule has 0 saturated carbocycles. The first-order valence-electron chi connectivity index (χ1n) is 8.70. The van der Waals surface area contributed by atoms with Gasteiger partial charge in [-0.3, -0.25) is 9.59 Å². The van der Waals surface area contributed by atoms with Crippen molar-refractivity contribution < 1.29 is 24.2 Å². The third-order valence-electron chi connectivity index (χ3n) is 4.08. The largest absolute Gasteiger partial charge is 0.490 e. The molecular weight excluding hydrogens is 366 g/mol. The molecule has 1 amide bonds. The predicted molar refractivity (Wildman–Crippen MR) is 103 cm³/mol. The van der Waals surface area contributed by atoms with Gasteiger partial charge < -0.3 is 19.9 Å². The van der Waals surface area contributed by atoms with Gasteiger partial charge in [-0.15, -0.1) is 11.8 Å². The molecule has 27 heavy (non-hydrogen) atoms. The van der Waals surface area contributed by atoms with Crippen LogP contribution in [0.3, 0.4) is 0 Å². The Kier molecular flexibility index (Phi) is 6.24. The summed E-state index contributed by atoms with van der Waals surface area (Å²) < 4.78 is 11.4. The molecule has 0 bridgehead atoms. The summed E-state index contributed by atoms with van der Waals surface area (Å²) in [7, 11) is 0. The van der Waals surface area contributed by atoms with Crippen molar-refractivity contribution in [2.24, 2.45) is 0 Å². The number of para-hydroxylation sites is 1. The van der Waals surface area contributed by atoms with Gasteiger partial charge in [-0.25, -0.2) is 0 Å². The lowest BCUT2D eigenvalue weighted by Gasteiger charge is -2.14. The van der Waals surface area contributed by atoms with Gasteiger partial charge in [0.2, 0.25) is 0 Å². The second-order valence-electron chi connectivity index (χ2n) is 6.07. The second kappa shape index (κ2) is 8.81. The van der Waals surface area contributed by atoms with Gasteiger partial charge in [-0.2, -0.15) is 0 Å². The molecule has 1 aliphatic rings. The lowest BCUT2D eigenvalue weighted by molar-refractivity contribution is -0.136. The Hall–Kier alpha value is -2.67. The van der Waals surface area contributed by atoms with E-state index in [1.54, 1.807) is 31.2 Å².